The van der Waals surface area contributed by atoms with Crippen LogP contribution in [0.5, 0.6) is 5.75 Å². The van der Waals surface area contributed by atoms with Crippen LogP contribution in [0, 0.1) is 0 Å². The number of carbonyl (C=O) groups is 2. The molecule has 1 atom stereocenters. The molecule has 0 bridgehead atoms. The van der Waals surface area contributed by atoms with Crippen LogP contribution in [0.25, 0.3) is 0 Å². The predicted molar refractivity (Wildman–Crippen MR) is 115 cm³/mol. The first kappa shape index (κ1) is 20.5. The quantitative estimate of drug-likeness (QED) is 0.817. The van der Waals surface area contributed by atoms with E-state index in [-0.39, 0.29) is 24.4 Å². The van der Waals surface area contributed by atoms with Crippen molar-refractivity contribution in [1.82, 2.24) is 14.8 Å². The number of ether oxygens (including phenoxy) is 1. The highest BCUT2D eigenvalue weighted by molar-refractivity contribution is 5.90. The molecule has 0 spiro atoms. The standard InChI is InChI=1S/C24H31N3O3/c1-30-21-14-8-7-10-18(21)16-27-22(28)17-26-15-9-13-20(26)23(27)24(29)25-19-11-5-3-2-4-6-12-19/h7-10,13-15,19,23H,2-6,11-12,16-17H2,1H3,(H,25,29)/t23-/m1/s1. The summed E-state index contributed by atoms with van der Waals surface area (Å²) in [5.41, 5.74) is 1.77. The highest BCUT2D eigenvalue weighted by Gasteiger charge is 2.38. The number of benzene rings is 1. The molecular weight excluding hydrogens is 378 g/mol. The Hall–Kier alpha value is -2.76. The molecule has 2 aromatic rings. The van der Waals surface area contributed by atoms with E-state index in [1.807, 2.05) is 47.2 Å². The fourth-order valence-electron chi connectivity index (χ4n) is 4.71. The van der Waals surface area contributed by atoms with E-state index in [1.165, 1.54) is 19.3 Å². The fourth-order valence-corrected chi connectivity index (χ4v) is 4.71. The van der Waals surface area contributed by atoms with E-state index >= 15 is 0 Å². The summed E-state index contributed by atoms with van der Waals surface area (Å²) in [6, 6.07) is 11.1. The van der Waals surface area contributed by atoms with Crippen LogP contribution in [-0.2, 0) is 22.7 Å². The van der Waals surface area contributed by atoms with Gasteiger partial charge in [-0.3, -0.25) is 9.59 Å². The molecule has 1 fully saturated rings. The van der Waals surface area contributed by atoms with Gasteiger partial charge in [0.05, 0.1) is 19.3 Å². The summed E-state index contributed by atoms with van der Waals surface area (Å²) in [6.07, 6.45) is 9.96. The second kappa shape index (κ2) is 9.37. The van der Waals surface area contributed by atoms with Gasteiger partial charge in [0.1, 0.15) is 12.3 Å². The lowest BCUT2D eigenvalue weighted by atomic mass is 9.96. The minimum atomic E-state index is -0.628. The van der Waals surface area contributed by atoms with E-state index in [0.717, 1.165) is 42.7 Å². The van der Waals surface area contributed by atoms with E-state index in [2.05, 4.69) is 5.32 Å². The number of para-hydroxylation sites is 1. The van der Waals surface area contributed by atoms with E-state index in [0.29, 0.717) is 6.54 Å². The molecule has 1 aliphatic carbocycles. The number of aromatic nitrogens is 1. The Morgan fingerprint density at radius 1 is 1.07 bits per heavy atom. The van der Waals surface area contributed by atoms with Crippen molar-refractivity contribution in [3.05, 3.63) is 53.9 Å². The van der Waals surface area contributed by atoms with Gasteiger partial charge in [-0.25, -0.2) is 0 Å². The van der Waals surface area contributed by atoms with Crippen LogP contribution in [0.2, 0.25) is 0 Å². The van der Waals surface area contributed by atoms with Crippen molar-refractivity contribution in [3.63, 3.8) is 0 Å². The smallest absolute Gasteiger partial charge is 0.249 e. The topological polar surface area (TPSA) is 63.6 Å². The molecule has 1 aliphatic heterocycles. The van der Waals surface area contributed by atoms with Gasteiger partial charge in [0.25, 0.3) is 0 Å². The van der Waals surface area contributed by atoms with Crippen LogP contribution in [-0.4, -0.2) is 34.4 Å². The molecular formula is C24H31N3O3. The number of nitrogens with zero attached hydrogens (tertiary/aromatic N) is 2. The molecule has 0 unspecified atom stereocenters. The van der Waals surface area contributed by atoms with E-state index in [1.54, 1.807) is 12.0 Å². The molecule has 2 amide bonds. The van der Waals surface area contributed by atoms with Crippen LogP contribution in [0.15, 0.2) is 42.6 Å². The minimum Gasteiger partial charge on any atom is -0.496 e. The first-order valence-corrected chi connectivity index (χ1v) is 11.0. The van der Waals surface area contributed by atoms with Gasteiger partial charge in [-0.1, -0.05) is 50.3 Å². The van der Waals surface area contributed by atoms with Gasteiger partial charge < -0.3 is 19.5 Å². The second-order valence-electron chi connectivity index (χ2n) is 8.35. The van der Waals surface area contributed by atoms with Crippen molar-refractivity contribution in [2.24, 2.45) is 0 Å². The van der Waals surface area contributed by atoms with E-state index < -0.39 is 6.04 Å². The van der Waals surface area contributed by atoms with Crippen LogP contribution in [0.4, 0.5) is 0 Å². The Morgan fingerprint density at radius 2 is 1.80 bits per heavy atom. The van der Waals surface area contributed by atoms with Gasteiger partial charge in [0.15, 0.2) is 6.04 Å². The Labute approximate surface area is 178 Å². The fraction of sp³-hybridized carbons (Fsp3) is 0.500. The zero-order valence-electron chi connectivity index (χ0n) is 17.7. The SMILES string of the molecule is COc1ccccc1CN1C(=O)Cn2cccc2[C@@H]1C(=O)NC1CCCCCCC1. The average molecular weight is 410 g/mol. The van der Waals surface area contributed by atoms with Gasteiger partial charge in [-0.05, 0) is 31.0 Å². The number of hydrogen-bond donors (Lipinski definition) is 1. The summed E-state index contributed by atoms with van der Waals surface area (Å²) in [6.45, 7) is 0.599. The van der Waals surface area contributed by atoms with E-state index in [9.17, 15) is 9.59 Å². The molecule has 1 saturated carbocycles. The average Bonchev–Trinajstić information content (AvgIpc) is 3.18. The molecule has 1 N–H and O–H groups in total. The van der Waals surface area contributed by atoms with Crippen molar-refractivity contribution >= 4 is 11.8 Å². The third-order valence-corrected chi connectivity index (χ3v) is 6.32. The number of fused-ring (bicyclic) bond motifs is 1. The summed E-state index contributed by atoms with van der Waals surface area (Å²) in [5, 5.41) is 3.27. The molecule has 6 nitrogen and oxygen atoms in total. The van der Waals surface area contributed by atoms with Gasteiger partial charge in [0, 0.05) is 17.8 Å². The van der Waals surface area contributed by atoms with Crippen molar-refractivity contribution in [2.75, 3.05) is 7.11 Å². The minimum absolute atomic E-state index is 0.0533. The summed E-state index contributed by atoms with van der Waals surface area (Å²) < 4.78 is 7.37. The summed E-state index contributed by atoms with van der Waals surface area (Å²) >= 11 is 0. The molecule has 30 heavy (non-hydrogen) atoms. The Kier molecular flexibility index (Phi) is 6.41. The van der Waals surface area contributed by atoms with Crippen molar-refractivity contribution in [2.45, 2.75) is 70.1 Å². The first-order chi connectivity index (χ1) is 14.7. The van der Waals surface area contributed by atoms with Crippen LogP contribution < -0.4 is 10.1 Å². The zero-order chi connectivity index (χ0) is 20.9. The summed E-state index contributed by atoms with van der Waals surface area (Å²) in [7, 11) is 1.63. The van der Waals surface area contributed by atoms with Crippen molar-refractivity contribution < 1.29 is 14.3 Å². The lowest BCUT2D eigenvalue weighted by Crippen LogP contribution is -2.50. The largest absolute Gasteiger partial charge is 0.496 e. The predicted octanol–water partition coefficient (Wildman–Crippen LogP) is 3.81. The summed E-state index contributed by atoms with van der Waals surface area (Å²) in [4.78, 5) is 28.2. The highest BCUT2D eigenvalue weighted by atomic mass is 16.5. The number of rotatable bonds is 5. The molecule has 6 heteroatoms. The molecule has 0 radical (unpaired) electrons. The normalized spacial score (nSPS) is 20.2. The maximum absolute atomic E-state index is 13.5. The Morgan fingerprint density at radius 3 is 2.57 bits per heavy atom. The highest BCUT2D eigenvalue weighted by Crippen LogP contribution is 2.31. The number of methoxy groups -OCH3 is 1. The van der Waals surface area contributed by atoms with Crippen LogP contribution in [0.1, 0.15) is 62.2 Å². The van der Waals surface area contributed by atoms with Crippen molar-refractivity contribution in [3.8, 4) is 5.75 Å². The molecule has 2 heterocycles. The van der Waals surface area contributed by atoms with Gasteiger partial charge >= 0.3 is 0 Å². The molecule has 4 rings (SSSR count). The molecule has 160 valence electrons. The Bertz CT molecular complexity index is 883. The maximum Gasteiger partial charge on any atom is 0.249 e. The number of nitrogens with one attached hydrogen (secondary N) is 1. The first-order valence-electron chi connectivity index (χ1n) is 11.0. The van der Waals surface area contributed by atoms with Gasteiger partial charge in [-0.15, -0.1) is 0 Å². The third kappa shape index (κ3) is 4.37. The monoisotopic (exact) mass is 409 g/mol. The zero-order valence-corrected chi connectivity index (χ0v) is 17.7. The maximum atomic E-state index is 13.5. The molecule has 1 aromatic heterocycles. The van der Waals surface area contributed by atoms with E-state index in [4.69, 9.17) is 4.74 Å². The van der Waals surface area contributed by atoms with Crippen LogP contribution >= 0.6 is 0 Å². The Balaban J connectivity index is 1.59. The molecule has 2 aliphatic rings. The lowest BCUT2D eigenvalue weighted by molar-refractivity contribution is -0.144. The van der Waals surface area contributed by atoms with Gasteiger partial charge in [-0.2, -0.15) is 0 Å². The van der Waals surface area contributed by atoms with Crippen molar-refractivity contribution in [1.29, 1.82) is 0 Å². The molecule has 1 aromatic carbocycles. The number of carbonyl (C=O) groups excluding carboxylic acids is 2. The van der Waals surface area contributed by atoms with Crippen LogP contribution in [0.3, 0.4) is 0 Å². The van der Waals surface area contributed by atoms with Gasteiger partial charge in [0.2, 0.25) is 11.8 Å². The molecule has 0 saturated heterocycles. The third-order valence-electron chi connectivity index (χ3n) is 6.32. The summed E-state index contributed by atoms with van der Waals surface area (Å²) in [5.74, 6) is 0.594. The second-order valence-corrected chi connectivity index (χ2v) is 8.35. The lowest BCUT2D eigenvalue weighted by Gasteiger charge is -2.37. The number of amides is 2. The number of hydrogen-bond acceptors (Lipinski definition) is 3.